The van der Waals surface area contributed by atoms with Crippen molar-refractivity contribution in [3.05, 3.63) is 94.6 Å². The van der Waals surface area contributed by atoms with E-state index in [1.165, 1.54) is 11.1 Å². The van der Waals surface area contributed by atoms with Crippen LogP contribution in [0.4, 0.5) is 9.59 Å². The van der Waals surface area contributed by atoms with Crippen molar-refractivity contribution in [3.8, 4) is 0 Å². The fourth-order valence-electron chi connectivity index (χ4n) is 15.7. The molecular formula is C60H92N2O6Si2. The van der Waals surface area contributed by atoms with Crippen LogP contribution in [0.15, 0.2) is 83.5 Å². The average molecular weight is 994 g/mol. The lowest BCUT2D eigenvalue weighted by molar-refractivity contribution is -0.121. The van der Waals surface area contributed by atoms with Gasteiger partial charge in [-0.2, -0.15) is 0 Å². The monoisotopic (exact) mass is 993 g/mol. The number of hydrogen-bond acceptors (Lipinski definition) is 6. The highest BCUT2D eigenvalue weighted by molar-refractivity contribution is 6.94. The van der Waals surface area contributed by atoms with Gasteiger partial charge in [-0.05, 0) is 104 Å². The van der Waals surface area contributed by atoms with Crippen LogP contribution in [0.25, 0.3) is 0 Å². The topological polar surface area (TPSA) is 93.2 Å². The van der Waals surface area contributed by atoms with E-state index in [4.69, 9.17) is 9.47 Å². The van der Waals surface area contributed by atoms with Crippen molar-refractivity contribution in [2.75, 3.05) is 0 Å². The lowest BCUT2D eigenvalue weighted by atomic mass is 9.66. The highest BCUT2D eigenvalue weighted by Crippen LogP contribution is 2.52. The molecule has 0 N–H and O–H groups in total. The van der Waals surface area contributed by atoms with Crippen LogP contribution in [-0.4, -0.2) is 74.0 Å². The van der Waals surface area contributed by atoms with Crippen molar-refractivity contribution in [3.63, 3.8) is 0 Å². The third-order valence-electron chi connectivity index (χ3n) is 19.0. The van der Waals surface area contributed by atoms with E-state index in [9.17, 15) is 0 Å². The number of rotatable bonds is 15. The standard InChI is InChI=1S/C60H92N2O6Si2/c1-39(2)69(40(3)4,41(5)6)55-37-61(57(65)67-53-33-25-23-31-47(53)59(13,14)45-27-19-17-20-28-45)49(35-51(55)63)50-36-52(64)56(70(42(7)8,43(9)10)44(11)12)38-62(50)58(66)68-54-34-26-24-32-48(54)60(15,16)46-29-21-18-22-30-46/h17-22,27-30,37-44,47-50,53-54H,23-26,31-36H2,1-16H3/t47-,48-,49+,50+,53-,54-/m0/s1. The van der Waals surface area contributed by atoms with Gasteiger partial charge in [0.15, 0.2) is 11.6 Å². The number of allylic oxidation sites excluding steroid dienone is 2. The van der Waals surface area contributed by atoms with E-state index in [2.05, 4.69) is 159 Å². The number of carbonyl (C=O) groups excluding carboxylic acids is 4. The molecule has 2 aliphatic heterocycles. The zero-order valence-electron chi connectivity index (χ0n) is 46.3. The first-order valence-electron chi connectivity index (χ1n) is 27.5. The molecular weight excluding hydrogens is 901 g/mol. The molecule has 386 valence electrons. The summed E-state index contributed by atoms with van der Waals surface area (Å²) >= 11 is 0. The second kappa shape index (κ2) is 22.1. The Morgan fingerprint density at radius 2 is 0.771 bits per heavy atom. The molecule has 2 fully saturated rings. The van der Waals surface area contributed by atoms with Crippen molar-refractivity contribution in [1.29, 1.82) is 0 Å². The van der Waals surface area contributed by atoms with Crippen molar-refractivity contribution in [1.82, 2.24) is 9.80 Å². The number of carbonyl (C=O) groups is 4. The Bertz CT molecular complexity index is 2010. The van der Waals surface area contributed by atoms with Crippen LogP contribution in [0.3, 0.4) is 0 Å². The zero-order valence-corrected chi connectivity index (χ0v) is 48.3. The first-order valence-corrected chi connectivity index (χ1v) is 31.9. The Labute approximate surface area is 426 Å². The van der Waals surface area contributed by atoms with Crippen LogP contribution in [0.1, 0.15) is 186 Å². The van der Waals surface area contributed by atoms with Gasteiger partial charge in [-0.3, -0.25) is 19.4 Å². The van der Waals surface area contributed by atoms with Crippen molar-refractivity contribution < 1.29 is 28.7 Å². The number of nitrogens with zero attached hydrogens (tertiary/aromatic N) is 2. The van der Waals surface area contributed by atoms with Crippen molar-refractivity contribution >= 4 is 39.9 Å². The molecule has 2 aliphatic carbocycles. The largest absolute Gasteiger partial charge is 0.446 e. The van der Waals surface area contributed by atoms with Crippen LogP contribution >= 0.6 is 0 Å². The Hall–Kier alpha value is -3.77. The molecule has 70 heavy (non-hydrogen) atoms. The minimum absolute atomic E-state index is 0.00937. The predicted octanol–water partition coefficient (Wildman–Crippen LogP) is 15.8. The van der Waals surface area contributed by atoms with Gasteiger partial charge in [0.2, 0.25) is 0 Å². The summed E-state index contributed by atoms with van der Waals surface area (Å²) in [4.78, 5) is 65.2. The summed E-state index contributed by atoms with van der Waals surface area (Å²) in [5.74, 6) is 0.157. The summed E-state index contributed by atoms with van der Waals surface area (Å²) in [5.41, 5.74) is 3.15. The first-order chi connectivity index (χ1) is 32.9. The first kappa shape index (κ1) is 55.5. The number of amides is 2. The summed E-state index contributed by atoms with van der Waals surface area (Å²) in [6.07, 6.45) is 9.33. The van der Waals surface area contributed by atoms with Gasteiger partial charge in [0.05, 0.1) is 12.1 Å². The fraction of sp³-hybridized carbons (Fsp3) is 0.667. The van der Waals surface area contributed by atoms with E-state index in [0.717, 1.165) is 61.8 Å². The number of ketones is 2. The quantitative estimate of drug-likeness (QED) is 0.165. The van der Waals surface area contributed by atoms with E-state index in [-0.39, 0.29) is 92.5 Å². The molecule has 0 bridgehead atoms. The summed E-state index contributed by atoms with van der Waals surface area (Å²) in [6.45, 7) is 35.9. The Morgan fingerprint density at radius 3 is 1.06 bits per heavy atom. The molecule has 10 heteroatoms. The summed E-state index contributed by atoms with van der Waals surface area (Å²) in [7, 11) is -5.24. The SMILES string of the molecule is CC(C)[Si](C1=CN(C(=O)O[C@H]2CCCC[C@@H]2C(C)(C)c2ccccc2)[C@@H]([C@H]2CC(=O)C([Si](C(C)C)(C(C)C)C(C)C)=CN2C(=O)O[C@H]2CCCC[C@@H]2C(C)(C)c2ccccc2)CC1=O)(C(C)C)C(C)C. The lowest BCUT2D eigenvalue weighted by Crippen LogP contribution is -2.61. The average Bonchev–Trinajstić information content (AvgIpc) is 3.30. The van der Waals surface area contributed by atoms with Crippen LogP contribution in [0.5, 0.6) is 0 Å². The van der Waals surface area contributed by atoms with Gasteiger partial charge in [0.25, 0.3) is 0 Å². The normalized spacial score (nSPS) is 24.5. The van der Waals surface area contributed by atoms with E-state index in [1.54, 1.807) is 9.80 Å². The summed E-state index contributed by atoms with van der Waals surface area (Å²) in [5, 5.41) is 1.52. The van der Waals surface area contributed by atoms with Gasteiger partial charge in [-0.1, -0.05) is 184 Å². The van der Waals surface area contributed by atoms with E-state index >= 15 is 19.2 Å². The van der Waals surface area contributed by atoms with Gasteiger partial charge < -0.3 is 9.47 Å². The highest BCUT2D eigenvalue weighted by Gasteiger charge is 2.56. The van der Waals surface area contributed by atoms with Gasteiger partial charge in [0, 0.05) is 37.1 Å². The second-order valence-electron chi connectivity index (χ2n) is 24.9. The third-order valence-corrected chi connectivity index (χ3v) is 33.1. The fourth-order valence-corrected chi connectivity index (χ4v) is 29.3. The summed E-state index contributed by atoms with van der Waals surface area (Å²) in [6, 6.07) is 19.4. The Morgan fingerprint density at radius 1 is 0.486 bits per heavy atom. The number of hydrogen-bond donors (Lipinski definition) is 0. The smallest absolute Gasteiger partial charge is 0.414 e. The van der Waals surface area contributed by atoms with E-state index in [0.29, 0.717) is 0 Å². The maximum absolute atomic E-state index is 15.6. The second-order valence-corrected chi connectivity index (χ2v) is 36.6. The molecule has 2 aromatic carbocycles. The van der Waals surface area contributed by atoms with Crippen LogP contribution in [0.2, 0.25) is 33.2 Å². The lowest BCUT2D eigenvalue weighted by Gasteiger charge is -2.51. The van der Waals surface area contributed by atoms with Crippen LogP contribution in [0, 0.1) is 11.8 Å². The minimum Gasteiger partial charge on any atom is -0.446 e. The maximum atomic E-state index is 15.6. The molecule has 6 atom stereocenters. The third kappa shape index (κ3) is 10.3. The highest BCUT2D eigenvalue weighted by atomic mass is 28.3. The molecule has 0 saturated heterocycles. The zero-order chi connectivity index (χ0) is 51.7. The molecule has 0 aromatic heterocycles. The van der Waals surface area contributed by atoms with Crippen molar-refractivity contribution in [2.45, 2.75) is 243 Å². The molecule has 2 amide bonds. The van der Waals surface area contributed by atoms with E-state index < -0.39 is 40.4 Å². The molecule has 8 nitrogen and oxygen atoms in total. The van der Waals surface area contributed by atoms with Crippen LogP contribution < -0.4 is 0 Å². The molecule has 4 aliphatic rings. The maximum Gasteiger partial charge on any atom is 0.414 e. The number of Topliss-reactive ketones (excluding diaryl/α,β-unsaturated/α-hetero) is 2. The molecule has 6 rings (SSSR count). The van der Waals surface area contributed by atoms with E-state index in [1.807, 2.05) is 24.5 Å². The van der Waals surface area contributed by atoms with Gasteiger partial charge >= 0.3 is 12.2 Å². The van der Waals surface area contributed by atoms with Crippen LogP contribution in [-0.2, 0) is 29.9 Å². The number of benzene rings is 2. The molecule has 2 aromatic rings. The molecule has 2 heterocycles. The van der Waals surface area contributed by atoms with Crippen molar-refractivity contribution in [2.24, 2.45) is 11.8 Å². The summed E-state index contributed by atoms with van der Waals surface area (Å²) < 4.78 is 13.8. The predicted molar refractivity (Wildman–Crippen MR) is 292 cm³/mol. The minimum atomic E-state index is -2.62. The van der Waals surface area contributed by atoms with Gasteiger partial charge in [-0.15, -0.1) is 0 Å². The molecule has 2 saturated carbocycles. The van der Waals surface area contributed by atoms with Gasteiger partial charge in [-0.25, -0.2) is 9.59 Å². The van der Waals surface area contributed by atoms with Gasteiger partial charge in [0.1, 0.15) is 28.4 Å². The molecule has 0 unspecified atom stereocenters. The Balaban J connectivity index is 1.51. The Kier molecular flexibility index (Phi) is 17.6. The molecule has 0 radical (unpaired) electrons. The number of ether oxygens (including phenoxy) is 2. The molecule has 0 spiro atoms.